The van der Waals surface area contributed by atoms with Crippen molar-refractivity contribution in [3.8, 4) is 5.75 Å². The lowest BCUT2D eigenvalue weighted by Gasteiger charge is -2.04. The van der Waals surface area contributed by atoms with E-state index < -0.39 is 30.0 Å². The zero-order chi connectivity index (χ0) is 18.8. The molecule has 0 aliphatic rings. The molecule has 0 saturated carbocycles. The van der Waals surface area contributed by atoms with Gasteiger partial charge >= 0.3 is 5.97 Å². The largest absolute Gasteiger partial charge is 0.497 e. The maximum absolute atomic E-state index is 13.2. The molecule has 0 saturated heterocycles. The van der Waals surface area contributed by atoms with Gasteiger partial charge in [0.25, 0.3) is 0 Å². The van der Waals surface area contributed by atoms with Gasteiger partial charge in [0.15, 0.2) is 24.0 Å². The average Bonchev–Trinajstić information content (AvgIpc) is 2.97. The molecular weight excluding hydrogens is 346 g/mol. The van der Waals surface area contributed by atoms with Gasteiger partial charge in [-0.2, -0.15) is 0 Å². The highest BCUT2D eigenvalue weighted by Gasteiger charge is 2.21. The minimum atomic E-state index is -1.15. The molecule has 5 nitrogen and oxygen atoms in total. The molecule has 0 N–H and O–H groups in total. The second-order valence-corrected chi connectivity index (χ2v) is 5.55. The molecule has 0 atom stereocenters. The van der Waals surface area contributed by atoms with E-state index in [1.807, 2.05) is 0 Å². The van der Waals surface area contributed by atoms with Crippen molar-refractivity contribution in [1.82, 2.24) is 0 Å². The molecule has 0 unspecified atom stereocenters. The summed E-state index contributed by atoms with van der Waals surface area (Å²) in [5.74, 6) is -3.13. The molecule has 2 aromatic carbocycles. The van der Waals surface area contributed by atoms with Gasteiger partial charge in [0.1, 0.15) is 11.3 Å². The van der Waals surface area contributed by atoms with Crippen LogP contribution in [0.2, 0.25) is 0 Å². The van der Waals surface area contributed by atoms with Gasteiger partial charge in [0.05, 0.1) is 7.11 Å². The molecule has 0 fully saturated rings. The molecule has 26 heavy (non-hydrogen) atoms. The third kappa shape index (κ3) is 3.28. The van der Waals surface area contributed by atoms with Crippen LogP contribution < -0.4 is 4.74 Å². The number of carbonyl (C=O) groups excluding carboxylic acids is 2. The van der Waals surface area contributed by atoms with Crippen LogP contribution in [0.3, 0.4) is 0 Å². The van der Waals surface area contributed by atoms with Crippen LogP contribution in [0.5, 0.6) is 5.75 Å². The highest BCUT2D eigenvalue weighted by atomic mass is 19.2. The quantitative estimate of drug-likeness (QED) is 0.507. The normalized spacial score (nSPS) is 10.8. The lowest BCUT2D eigenvalue weighted by Crippen LogP contribution is -2.14. The number of furan rings is 1. The van der Waals surface area contributed by atoms with E-state index in [2.05, 4.69) is 0 Å². The molecule has 0 spiro atoms. The number of carbonyl (C=O) groups is 2. The lowest BCUT2D eigenvalue weighted by molar-refractivity contribution is 0.0445. The Kier molecular flexibility index (Phi) is 4.71. The maximum Gasteiger partial charge on any atom is 0.375 e. The zero-order valence-electron chi connectivity index (χ0n) is 14.0. The summed E-state index contributed by atoms with van der Waals surface area (Å²) in [4.78, 5) is 24.2. The monoisotopic (exact) mass is 360 g/mol. The number of ether oxygens (including phenoxy) is 2. The SMILES string of the molecule is COc1ccc2oc(C(=O)OCC(=O)c3ccc(F)c(F)c3)c(C)c2c1. The highest BCUT2D eigenvalue weighted by Crippen LogP contribution is 2.29. The first-order chi connectivity index (χ1) is 12.4. The van der Waals surface area contributed by atoms with Crippen LogP contribution >= 0.6 is 0 Å². The molecule has 0 amide bonds. The van der Waals surface area contributed by atoms with E-state index in [-0.39, 0.29) is 11.3 Å². The number of Topliss-reactive ketones (excluding diaryl/α,β-unsaturated/α-hetero) is 1. The Hall–Kier alpha value is -3.22. The van der Waals surface area contributed by atoms with E-state index in [0.717, 1.165) is 18.2 Å². The van der Waals surface area contributed by atoms with Crippen molar-refractivity contribution >= 4 is 22.7 Å². The summed E-state index contributed by atoms with van der Waals surface area (Å²) in [5.41, 5.74) is 0.925. The van der Waals surface area contributed by atoms with Crippen molar-refractivity contribution in [3.05, 3.63) is 64.9 Å². The van der Waals surface area contributed by atoms with E-state index in [4.69, 9.17) is 13.9 Å². The second kappa shape index (κ2) is 6.95. The van der Waals surface area contributed by atoms with Crippen LogP contribution in [0.25, 0.3) is 11.0 Å². The number of hydrogen-bond donors (Lipinski definition) is 0. The van der Waals surface area contributed by atoms with E-state index in [0.29, 0.717) is 22.3 Å². The number of fused-ring (bicyclic) bond motifs is 1. The third-order valence-corrected chi connectivity index (χ3v) is 3.90. The number of aryl methyl sites for hydroxylation is 1. The predicted molar refractivity (Wildman–Crippen MR) is 88.5 cm³/mol. The van der Waals surface area contributed by atoms with Gasteiger partial charge in [-0.3, -0.25) is 4.79 Å². The van der Waals surface area contributed by atoms with Gasteiger partial charge in [0, 0.05) is 16.5 Å². The van der Waals surface area contributed by atoms with Crippen molar-refractivity contribution in [2.75, 3.05) is 13.7 Å². The number of halogens is 2. The summed E-state index contributed by atoms with van der Waals surface area (Å²) >= 11 is 0. The third-order valence-electron chi connectivity index (χ3n) is 3.90. The first kappa shape index (κ1) is 17.6. The van der Waals surface area contributed by atoms with Crippen LogP contribution in [0.4, 0.5) is 8.78 Å². The first-order valence-electron chi connectivity index (χ1n) is 7.63. The average molecular weight is 360 g/mol. The predicted octanol–water partition coefficient (Wildman–Crippen LogP) is 4.07. The van der Waals surface area contributed by atoms with Crippen LogP contribution in [-0.4, -0.2) is 25.5 Å². The number of benzene rings is 2. The Morgan fingerprint density at radius 2 is 1.85 bits per heavy atom. The topological polar surface area (TPSA) is 65.7 Å². The second-order valence-electron chi connectivity index (χ2n) is 5.55. The Morgan fingerprint density at radius 3 is 2.54 bits per heavy atom. The fourth-order valence-electron chi connectivity index (χ4n) is 2.47. The van der Waals surface area contributed by atoms with E-state index in [9.17, 15) is 18.4 Å². The van der Waals surface area contributed by atoms with Gasteiger partial charge in [-0.25, -0.2) is 13.6 Å². The van der Waals surface area contributed by atoms with Crippen molar-refractivity contribution in [1.29, 1.82) is 0 Å². The van der Waals surface area contributed by atoms with Gasteiger partial charge < -0.3 is 13.9 Å². The van der Waals surface area contributed by atoms with Crippen molar-refractivity contribution in [2.45, 2.75) is 6.92 Å². The van der Waals surface area contributed by atoms with Gasteiger partial charge in [-0.1, -0.05) is 0 Å². The minimum Gasteiger partial charge on any atom is -0.497 e. The van der Waals surface area contributed by atoms with Crippen LogP contribution in [0, 0.1) is 18.6 Å². The summed E-state index contributed by atoms with van der Waals surface area (Å²) in [7, 11) is 1.52. The summed E-state index contributed by atoms with van der Waals surface area (Å²) in [6.07, 6.45) is 0. The van der Waals surface area contributed by atoms with E-state index >= 15 is 0 Å². The first-order valence-corrected chi connectivity index (χ1v) is 7.63. The van der Waals surface area contributed by atoms with Crippen LogP contribution in [0.15, 0.2) is 40.8 Å². The maximum atomic E-state index is 13.2. The fourth-order valence-corrected chi connectivity index (χ4v) is 2.47. The highest BCUT2D eigenvalue weighted by molar-refractivity contribution is 6.00. The van der Waals surface area contributed by atoms with Crippen molar-refractivity contribution < 1.29 is 32.3 Å². The minimum absolute atomic E-state index is 0.0358. The Bertz CT molecular complexity index is 1010. The number of hydrogen-bond acceptors (Lipinski definition) is 5. The molecule has 3 aromatic rings. The zero-order valence-corrected chi connectivity index (χ0v) is 14.0. The molecule has 0 aliphatic heterocycles. The van der Waals surface area contributed by atoms with Crippen LogP contribution in [0.1, 0.15) is 26.5 Å². The Labute approximate surface area is 147 Å². The molecule has 0 bridgehead atoms. The van der Waals surface area contributed by atoms with Gasteiger partial charge in [-0.15, -0.1) is 0 Å². The molecule has 1 aromatic heterocycles. The summed E-state index contributed by atoms with van der Waals surface area (Å²) in [5, 5.41) is 0.684. The van der Waals surface area contributed by atoms with E-state index in [1.54, 1.807) is 25.1 Å². The molecule has 3 rings (SSSR count). The molecule has 134 valence electrons. The molecule has 0 radical (unpaired) electrons. The number of ketones is 1. The number of methoxy groups -OCH3 is 1. The fraction of sp³-hybridized carbons (Fsp3) is 0.158. The number of rotatable bonds is 5. The Balaban J connectivity index is 1.75. The smallest absolute Gasteiger partial charge is 0.375 e. The Morgan fingerprint density at radius 1 is 1.08 bits per heavy atom. The standard InChI is InChI=1S/C19H14F2O5/c1-10-13-8-12(24-2)4-6-17(13)26-18(10)19(23)25-9-16(22)11-3-5-14(20)15(21)7-11/h3-8H,9H2,1-2H3. The molecule has 7 heteroatoms. The van der Waals surface area contributed by atoms with Gasteiger partial charge in [0.2, 0.25) is 5.76 Å². The molecular formula is C19H14F2O5. The number of esters is 1. The molecule has 0 aliphatic carbocycles. The summed E-state index contributed by atoms with van der Waals surface area (Å²) < 4.78 is 41.6. The summed E-state index contributed by atoms with van der Waals surface area (Å²) in [6.45, 7) is 1.06. The van der Waals surface area contributed by atoms with Crippen LogP contribution in [-0.2, 0) is 4.74 Å². The molecule has 1 heterocycles. The van der Waals surface area contributed by atoms with Crippen molar-refractivity contribution in [2.24, 2.45) is 0 Å². The van der Waals surface area contributed by atoms with Crippen molar-refractivity contribution in [3.63, 3.8) is 0 Å². The van der Waals surface area contributed by atoms with E-state index in [1.165, 1.54) is 7.11 Å². The van der Waals surface area contributed by atoms with Gasteiger partial charge in [-0.05, 0) is 43.3 Å². The lowest BCUT2D eigenvalue weighted by atomic mass is 10.1. The summed E-state index contributed by atoms with van der Waals surface area (Å²) in [6, 6.07) is 7.77.